The molecule has 1 aliphatic rings. The molecule has 8 aromatic rings. The monoisotopic (exact) mass is 589 g/mol. The number of fused-ring (bicyclic) bond motifs is 7. The van der Waals surface area contributed by atoms with Crippen LogP contribution in [0.3, 0.4) is 0 Å². The first-order valence-corrected chi connectivity index (χ1v) is 15.9. The fourth-order valence-electron chi connectivity index (χ4n) is 7.43. The van der Waals surface area contributed by atoms with Crippen molar-refractivity contribution in [2.75, 3.05) is 0 Å². The molecule has 1 aliphatic carbocycles. The van der Waals surface area contributed by atoms with Crippen LogP contribution in [0.2, 0.25) is 0 Å². The Kier molecular flexibility index (Phi) is 5.85. The van der Waals surface area contributed by atoms with Gasteiger partial charge in [-0.15, -0.1) is 0 Å². The average Bonchev–Trinajstić information content (AvgIpc) is 3.58. The topological polar surface area (TPSA) is 30.7 Å². The van der Waals surface area contributed by atoms with Crippen LogP contribution in [0.15, 0.2) is 152 Å². The first kappa shape index (κ1) is 26.6. The minimum absolute atomic E-state index is 0.190. The number of rotatable bonds is 4. The largest absolute Gasteiger partial charge is 0.308 e. The summed E-state index contributed by atoms with van der Waals surface area (Å²) in [6.45, 7) is 4.70. The van der Waals surface area contributed by atoms with Gasteiger partial charge in [0.15, 0.2) is 5.82 Å². The molecule has 0 saturated heterocycles. The van der Waals surface area contributed by atoms with Gasteiger partial charge in [0.1, 0.15) is 0 Å². The summed E-state index contributed by atoms with van der Waals surface area (Å²) in [5.41, 5.74) is 13.5. The van der Waals surface area contributed by atoms with Crippen LogP contribution in [0.25, 0.3) is 72.5 Å². The zero-order valence-electron chi connectivity index (χ0n) is 25.8. The first-order valence-electron chi connectivity index (χ1n) is 15.9. The number of aromatic nitrogens is 3. The second-order valence-corrected chi connectivity index (χ2v) is 12.6. The SMILES string of the molecule is CC1(C)c2ccccc2-c2c1cc(-c1nc(-c3ccccc3)cc(-c3ccccc3)n1)c1c2c2ccccc2n1-c1ccccc1. The number of hydrogen-bond acceptors (Lipinski definition) is 2. The van der Waals surface area contributed by atoms with Gasteiger partial charge in [0.05, 0.1) is 22.4 Å². The molecular weight excluding hydrogens is 558 g/mol. The van der Waals surface area contributed by atoms with Gasteiger partial charge >= 0.3 is 0 Å². The zero-order chi connectivity index (χ0) is 30.8. The smallest absolute Gasteiger partial charge is 0.162 e. The quantitative estimate of drug-likeness (QED) is 0.204. The fourth-order valence-corrected chi connectivity index (χ4v) is 7.43. The molecule has 9 rings (SSSR count). The van der Waals surface area contributed by atoms with Crippen molar-refractivity contribution < 1.29 is 0 Å². The maximum absolute atomic E-state index is 5.35. The minimum atomic E-state index is -0.190. The second-order valence-electron chi connectivity index (χ2n) is 12.6. The molecule has 2 heterocycles. The Labute approximate surface area is 268 Å². The molecule has 46 heavy (non-hydrogen) atoms. The fraction of sp³-hybridized carbons (Fsp3) is 0.0698. The van der Waals surface area contributed by atoms with Crippen molar-refractivity contribution in [3.63, 3.8) is 0 Å². The Morgan fingerprint density at radius 1 is 0.522 bits per heavy atom. The first-order chi connectivity index (χ1) is 22.6. The number of para-hydroxylation sites is 2. The molecule has 0 atom stereocenters. The Balaban J connectivity index is 1.48. The van der Waals surface area contributed by atoms with Gasteiger partial charge in [0.2, 0.25) is 0 Å². The predicted molar refractivity (Wildman–Crippen MR) is 190 cm³/mol. The van der Waals surface area contributed by atoms with E-state index in [2.05, 4.69) is 158 Å². The van der Waals surface area contributed by atoms with Crippen LogP contribution in [0.4, 0.5) is 0 Å². The Morgan fingerprint density at radius 2 is 1.09 bits per heavy atom. The van der Waals surface area contributed by atoms with Crippen LogP contribution in [-0.2, 0) is 5.41 Å². The van der Waals surface area contributed by atoms with Crippen molar-refractivity contribution in [2.24, 2.45) is 0 Å². The molecule has 0 fully saturated rings. The third kappa shape index (κ3) is 3.92. The molecule has 0 aliphatic heterocycles. The highest BCUT2D eigenvalue weighted by molar-refractivity contribution is 6.21. The minimum Gasteiger partial charge on any atom is -0.308 e. The van der Waals surface area contributed by atoms with Gasteiger partial charge in [0.25, 0.3) is 0 Å². The third-order valence-corrected chi connectivity index (χ3v) is 9.60. The van der Waals surface area contributed by atoms with Gasteiger partial charge in [-0.25, -0.2) is 9.97 Å². The zero-order valence-corrected chi connectivity index (χ0v) is 25.8. The highest BCUT2D eigenvalue weighted by Gasteiger charge is 2.39. The van der Waals surface area contributed by atoms with Gasteiger partial charge in [0, 0.05) is 38.6 Å². The molecule has 0 bridgehead atoms. The maximum Gasteiger partial charge on any atom is 0.162 e. The lowest BCUT2D eigenvalue weighted by molar-refractivity contribution is 0.661. The van der Waals surface area contributed by atoms with Crippen molar-refractivity contribution in [1.82, 2.24) is 14.5 Å². The van der Waals surface area contributed by atoms with E-state index in [1.165, 1.54) is 38.5 Å². The van der Waals surface area contributed by atoms with Crippen molar-refractivity contribution in [1.29, 1.82) is 0 Å². The van der Waals surface area contributed by atoms with E-state index in [4.69, 9.17) is 9.97 Å². The number of benzene rings is 6. The van der Waals surface area contributed by atoms with Crippen LogP contribution < -0.4 is 0 Å². The molecule has 0 saturated carbocycles. The summed E-state index contributed by atoms with van der Waals surface area (Å²) in [6, 6.07) is 53.8. The summed E-state index contributed by atoms with van der Waals surface area (Å²) in [5, 5.41) is 2.48. The van der Waals surface area contributed by atoms with E-state index in [0.29, 0.717) is 0 Å². The molecule has 3 nitrogen and oxygen atoms in total. The maximum atomic E-state index is 5.35. The van der Waals surface area contributed by atoms with E-state index in [1.54, 1.807) is 0 Å². The number of nitrogens with zero attached hydrogens (tertiary/aromatic N) is 3. The van der Waals surface area contributed by atoms with Crippen LogP contribution in [0.1, 0.15) is 25.0 Å². The average molecular weight is 590 g/mol. The Bertz CT molecular complexity index is 2360. The van der Waals surface area contributed by atoms with Crippen molar-refractivity contribution in [3.05, 3.63) is 163 Å². The molecular formula is C43H31N3. The second kappa shape index (κ2) is 10.1. The summed E-state index contributed by atoms with van der Waals surface area (Å²) in [7, 11) is 0. The van der Waals surface area contributed by atoms with Crippen LogP contribution in [0, 0.1) is 0 Å². The standard InChI is InChI=1S/C43H31N3/c1-43(2)34-24-14-12-22-31(34)39-35(43)26-33(41-40(39)32-23-13-15-25-38(32)46(41)30-20-10-5-11-21-30)42-44-36(28-16-6-3-7-17-28)27-37(45-42)29-18-8-4-9-19-29/h3-27H,1-2H3. The van der Waals surface area contributed by atoms with Crippen molar-refractivity contribution in [2.45, 2.75) is 19.3 Å². The lowest BCUT2D eigenvalue weighted by Crippen LogP contribution is -2.15. The van der Waals surface area contributed by atoms with Crippen molar-refractivity contribution in [3.8, 4) is 50.7 Å². The summed E-state index contributed by atoms with van der Waals surface area (Å²) in [5.74, 6) is 0.722. The molecule has 0 unspecified atom stereocenters. The van der Waals surface area contributed by atoms with E-state index in [1.807, 2.05) is 12.1 Å². The van der Waals surface area contributed by atoms with E-state index in [0.717, 1.165) is 45.1 Å². The molecule has 218 valence electrons. The van der Waals surface area contributed by atoms with Crippen molar-refractivity contribution >= 4 is 21.8 Å². The van der Waals surface area contributed by atoms with Gasteiger partial charge in [-0.05, 0) is 52.6 Å². The third-order valence-electron chi connectivity index (χ3n) is 9.60. The van der Waals surface area contributed by atoms with Gasteiger partial charge in [-0.1, -0.05) is 135 Å². The predicted octanol–water partition coefficient (Wildman–Crippen LogP) is 10.9. The Hall–Kier alpha value is -5.80. The lowest BCUT2D eigenvalue weighted by atomic mass is 9.81. The van der Waals surface area contributed by atoms with Gasteiger partial charge in [-0.3, -0.25) is 0 Å². The molecule has 0 amide bonds. The number of hydrogen-bond donors (Lipinski definition) is 0. The summed E-state index contributed by atoms with van der Waals surface area (Å²) >= 11 is 0. The van der Waals surface area contributed by atoms with E-state index < -0.39 is 0 Å². The highest BCUT2D eigenvalue weighted by atomic mass is 15.0. The molecule has 0 radical (unpaired) electrons. The molecule has 0 N–H and O–H groups in total. The van der Waals surface area contributed by atoms with Gasteiger partial charge < -0.3 is 4.57 Å². The summed E-state index contributed by atoms with van der Waals surface area (Å²) in [6.07, 6.45) is 0. The highest BCUT2D eigenvalue weighted by Crippen LogP contribution is 2.55. The molecule has 2 aromatic heterocycles. The van der Waals surface area contributed by atoms with E-state index in [9.17, 15) is 0 Å². The lowest BCUT2D eigenvalue weighted by Gasteiger charge is -2.23. The van der Waals surface area contributed by atoms with E-state index >= 15 is 0 Å². The molecule has 3 heteroatoms. The van der Waals surface area contributed by atoms with Crippen LogP contribution in [-0.4, -0.2) is 14.5 Å². The summed E-state index contributed by atoms with van der Waals surface area (Å²) in [4.78, 5) is 10.7. The Morgan fingerprint density at radius 3 is 1.76 bits per heavy atom. The van der Waals surface area contributed by atoms with Crippen LogP contribution in [0.5, 0.6) is 0 Å². The van der Waals surface area contributed by atoms with E-state index in [-0.39, 0.29) is 5.41 Å². The van der Waals surface area contributed by atoms with Gasteiger partial charge in [-0.2, -0.15) is 0 Å². The molecule has 0 spiro atoms. The van der Waals surface area contributed by atoms with Crippen LogP contribution >= 0.6 is 0 Å². The normalized spacial score (nSPS) is 13.2. The molecule has 6 aromatic carbocycles. The summed E-state index contributed by atoms with van der Waals surface area (Å²) < 4.78 is 2.41.